The molecule has 4 heteroatoms. The summed E-state index contributed by atoms with van der Waals surface area (Å²) < 4.78 is 0. The molecular formula is C11H7Cl2NO. The number of halogens is 2. The van der Waals surface area contributed by atoms with Crippen molar-refractivity contribution < 1.29 is 4.79 Å². The molecule has 15 heavy (non-hydrogen) atoms. The van der Waals surface area contributed by atoms with Crippen LogP contribution < -0.4 is 0 Å². The number of carbonyl (C=O) groups is 1. The Balaban J connectivity index is 2.45. The number of benzene rings is 1. The average molecular weight is 240 g/mol. The lowest BCUT2D eigenvalue weighted by Crippen LogP contribution is -1.90. The van der Waals surface area contributed by atoms with Crippen molar-refractivity contribution in [3.8, 4) is 0 Å². The molecule has 0 spiro atoms. The van der Waals surface area contributed by atoms with Crippen LogP contribution in [0.25, 0.3) is 10.9 Å². The fourth-order valence-corrected chi connectivity index (χ4v) is 2.77. The molecule has 1 aliphatic rings. The van der Waals surface area contributed by atoms with E-state index in [2.05, 4.69) is 4.98 Å². The molecule has 1 aromatic heterocycles. The van der Waals surface area contributed by atoms with Crippen molar-refractivity contribution in [3.63, 3.8) is 0 Å². The highest BCUT2D eigenvalue weighted by Crippen LogP contribution is 2.36. The van der Waals surface area contributed by atoms with Crippen molar-refractivity contribution in [3.05, 3.63) is 33.4 Å². The monoisotopic (exact) mass is 239 g/mol. The number of ketones is 1. The van der Waals surface area contributed by atoms with Gasteiger partial charge in [-0.1, -0.05) is 23.2 Å². The quantitative estimate of drug-likeness (QED) is 0.749. The second-order valence-electron chi connectivity index (χ2n) is 3.71. The van der Waals surface area contributed by atoms with Gasteiger partial charge in [0.25, 0.3) is 0 Å². The Bertz CT molecular complexity index is 586. The van der Waals surface area contributed by atoms with Crippen LogP contribution in [0.15, 0.2) is 12.1 Å². The molecule has 2 aromatic rings. The van der Waals surface area contributed by atoms with Crippen molar-refractivity contribution in [2.24, 2.45) is 0 Å². The third-order valence-corrected chi connectivity index (χ3v) is 3.32. The molecule has 0 bridgehead atoms. The molecule has 1 aliphatic carbocycles. The highest BCUT2D eigenvalue weighted by molar-refractivity contribution is 6.39. The predicted octanol–water partition coefficient (Wildman–Crippen LogP) is 3.60. The van der Waals surface area contributed by atoms with Gasteiger partial charge in [0.15, 0.2) is 5.78 Å². The van der Waals surface area contributed by atoms with Crippen molar-refractivity contribution in [2.45, 2.75) is 12.8 Å². The van der Waals surface area contributed by atoms with Crippen molar-refractivity contribution in [2.75, 3.05) is 0 Å². The summed E-state index contributed by atoms with van der Waals surface area (Å²) in [6.07, 6.45) is 1.35. The summed E-state index contributed by atoms with van der Waals surface area (Å²) >= 11 is 12.0. The first-order valence-corrected chi connectivity index (χ1v) is 5.45. The highest BCUT2D eigenvalue weighted by atomic mass is 35.5. The van der Waals surface area contributed by atoms with Crippen LogP contribution in [0.5, 0.6) is 0 Å². The number of aromatic nitrogens is 1. The largest absolute Gasteiger partial charge is 0.352 e. The molecule has 2 nitrogen and oxygen atoms in total. The molecule has 0 unspecified atom stereocenters. The maximum atomic E-state index is 11.5. The van der Waals surface area contributed by atoms with Crippen LogP contribution in [0.1, 0.15) is 22.5 Å². The van der Waals surface area contributed by atoms with E-state index in [1.54, 1.807) is 12.1 Å². The van der Waals surface area contributed by atoms with Gasteiger partial charge in [0.05, 0.1) is 10.7 Å². The minimum Gasteiger partial charge on any atom is -0.352 e. The number of hydrogen-bond acceptors (Lipinski definition) is 1. The van der Waals surface area contributed by atoms with Crippen LogP contribution in [0, 0.1) is 0 Å². The number of nitrogens with one attached hydrogen (secondary N) is 1. The van der Waals surface area contributed by atoms with Gasteiger partial charge in [-0.05, 0) is 24.1 Å². The van der Waals surface area contributed by atoms with E-state index in [0.29, 0.717) is 22.2 Å². The van der Waals surface area contributed by atoms with E-state index in [9.17, 15) is 4.79 Å². The molecule has 0 radical (unpaired) electrons. The van der Waals surface area contributed by atoms with Gasteiger partial charge in [-0.2, -0.15) is 0 Å². The number of H-pyrrole nitrogens is 1. The van der Waals surface area contributed by atoms with Crippen LogP contribution in [0.4, 0.5) is 0 Å². The first-order valence-electron chi connectivity index (χ1n) is 4.69. The number of Topliss-reactive ketones (excluding diaryl/α,β-unsaturated/α-hetero) is 1. The van der Waals surface area contributed by atoms with Crippen LogP contribution in [0.3, 0.4) is 0 Å². The second-order valence-corrected chi connectivity index (χ2v) is 4.56. The Morgan fingerprint density at radius 3 is 2.80 bits per heavy atom. The van der Waals surface area contributed by atoms with Gasteiger partial charge >= 0.3 is 0 Å². The molecule has 1 heterocycles. The highest BCUT2D eigenvalue weighted by Gasteiger charge is 2.25. The van der Waals surface area contributed by atoms with Crippen molar-refractivity contribution in [1.82, 2.24) is 4.98 Å². The van der Waals surface area contributed by atoms with Crippen LogP contribution in [-0.4, -0.2) is 10.8 Å². The topological polar surface area (TPSA) is 32.9 Å². The van der Waals surface area contributed by atoms with E-state index in [1.165, 1.54) is 0 Å². The van der Waals surface area contributed by atoms with E-state index in [0.717, 1.165) is 22.9 Å². The summed E-state index contributed by atoms with van der Waals surface area (Å²) in [6, 6.07) is 3.51. The number of fused-ring (bicyclic) bond motifs is 3. The summed E-state index contributed by atoms with van der Waals surface area (Å²) in [5.74, 6) is 0.161. The summed E-state index contributed by atoms with van der Waals surface area (Å²) in [6.45, 7) is 0. The SMILES string of the molecule is O=C1CCc2c1[nH]c1cc(Cl)cc(Cl)c21. The fraction of sp³-hybridized carbons (Fsp3) is 0.182. The van der Waals surface area contributed by atoms with Gasteiger partial charge < -0.3 is 4.98 Å². The summed E-state index contributed by atoms with van der Waals surface area (Å²) in [5.41, 5.74) is 2.59. The molecule has 1 N–H and O–H groups in total. The summed E-state index contributed by atoms with van der Waals surface area (Å²) in [7, 11) is 0. The number of aryl methyl sites for hydroxylation is 1. The molecule has 1 aromatic carbocycles. The third kappa shape index (κ3) is 1.22. The maximum absolute atomic E-state index is 11.5. The molecule has 0 amide bonds. The lowest BCUT2D eigenvalue weighted by molar-refractivity contribution is 0.0991. The molecule has 0 aliphatic heterocycles. The number of rotatable bonds is 0. The molecular weight excluding hydrogens is 233 g/mol. The van der Waals surface area contributed by atoms with E-state index < -0.39 is 0 Å². The van der Waals surface area contributed by atoms with E-state index in [1.807, 2.05) is 0 Å². The summed E-state index contributed by atoms with van der Waals surface area (Å²) in [5, 5.41) is 2.14. The van der Waals surface area contributed by atoms with E-state index in [4.69, 9.17) is 23.2 Å². The number of aromatic amines is 1. The average Bonchev–Trinajstić information content (AvgIpc) is 2.66. The zero-order valence-electron chi connectivity index (χ0n) is 7.73. The number of carbonyl (C=O) groups excluding carboxylic acids is 1. The Labute approximate surface area is 96.2 Å². The fourth-order valence-electron chi connectivity index (χ4n) is 2.17. The first-order chi connectivity index (χ1) is 7.16. The van der Waals surface area contributed by atoms with Crippen LogP contribution in [-0.2, 0) is 6.42 Å². The Morgan fingerprint density at radius 2 is 2.00 bits per heavy atom. The molecule has 3 rings (SSSR count). The van der Waals surface area contributed by atoms with E-state index in [-0.39, 0.29) is 5.78 Å². The minimum atomic E-state index is 0.161. The zero-order chi connectivity index (χ0) is 10.6. The second kappa shape index (κ2) is 3.00. The third-order valence-electron chi connectivity index (χ3n) is 2.80. The van der Waals surface area contributed by atoms with Gasteiger partial charge in [-0.3, -0.25) is 4.79 Å². The zero-order valence-corrected chi connectivity index (χ0v) is 9.24. The predicted molar refractivity (Wildman–Crippen MR) is 61.0 cm³/mol. The lowest BCUT2D eigenvalue weighted by Gasteiger charge is -1.98. The Morgan fingerprint density at radius 1 is 1.20 bits per heavy atom. The molecule has 0 fully saturated rings. The van der Waals surface area contributed by atoms with Gasteiger partial charge in [-0.15, -0.1) is 0 Å². The molecule has 0 atom stereocenters. The standard InChI is InChI=1S/C11H7Cl2NO/c12-5-3-7(13)10-6-1-2-9(15)11(6)14-8(10)4-5/h3-4,14H,1-2H2. The first kappa shape index (κ1) is 9.25. The van der Waals surface area contributed by atoms with Crippen LogP contribution in [0.2, 0.25) is 10.0 Å². The van der Waals surface area contributed by atoms with Crippen molar-refractivity contribution >= 4 is 39.9 Å². The van der Waals surface area contributed by atoms with E-state index >= 15 is 0 Å². The van der Waals surface area contributed by atoms with Crippen molar-refractivity contribution in [1.29, 1.82) is 0 Å². The number of hydrogen-bond donors (Lipinski definition) is 1. The minimum absolute atomic E-state index is 0.161. The maximum Gasteiger partial charge on any atom is 0.179 e. The summed E-state index contributed by atoms with van der Waals surface area (Å²) in [4.78, 5) is 14.6. The molecule has 0 saturated heterocycles. The Kier molecular flexibility index (Phi) is 1.85. The molecule has 0 saturated carbocycles. The molecule has 76 valence electrons. The van der Waals surface area contributed by atoms with Gasteiger partial charge in [0.1, 0.15) is 0 Å². The lowest BCUT2D eigenvalue weighted by atomic mass is 10.1. The normalized spacial score (nSPS) is 14.9. The van der Waals surface area contributed by atoms with Gasteiger partial charge in [0.2, 0.25) is 0 Å². The smallest absolute Gasteiger partial charge is 0.179 e. The van der Waals surface area contributed by atoms with Gasteiger partial charge in [0, 0.05) is 22.3 Å². The van der Waals surface area contributed by atoms with Crippen LogP contribution >= 0.6 is 23.2 Å². The Hall–Kier alpha value is -0.990. The van der Waals surface area contributed by atoms with Gasteiger partial charge in [-0.25, -0.2) is 0 Å².